The average molecular weight is 311 g/mol. The molecule has 1 aromatic rings. The molecular weight excluding hydrogens is 292 g/mol. The molecule has 0 aromatic heterocycles. The first kappa shape index (κ1) is 13.6. The van der Waals surface area contributed by atoms with Gasteiger partial charge in [-0.2, -0.15) is 0 Å². The van der Waals surface area contributed by atoms with E-state index < -0.39 is 0 Å². The molecule has 0 saturated heterocycles. The first-order valence-corrected chi connectivity index (χ1v) is 7.04. The number of carbonyl (C=O) groups excluding carboxylic acids is 1. The topological polar surface area (TPSA) is 55.1 Å². The van der Waals surface area contributed by atoms with Crippen molar-refractivity contribution in [1.29, 1.82) is 0 Å². The normalized spacial score (nSPS) is 18.2. The van der Waals surface area contributed by atoms with Crippen molar-refractivity contribution >= 4 is 21.8 Å². The van der Waals surface area contributed by atoms with Crippen molar-refractivity contribution in [2.75, 3.05) is 6.54 Å². The zero-order chi connectivity index (χ0) is 13.3. The van der Waals surface area contributed by atoms with Crippen molar-refractivity contribution < 1.29 is 4.79 Å². The lowest BCUT2D eigenvalue weighted by Crippen LogP contribution is -2.53. The highest BCUT2D eigenvalue weighted by atomic mass is 79.9. The summed E-state index contributed by atoms with van der Waals surface area (Å²) in [5.41, 5.74) is 7.29. The molecule has 1 aliphatic carbocycles. The monoisotopic (exact) mass is 310 g/mol. The Morgan fingerprint density at radius 3 is 2.72 bits per heavy atom. The maximum absolute atomic E-state index is 12.2. The lowest BCUT2D eigenvalue weighted by atomic mass is 9.95. The summed E-state index contributed by atoms with van der Waals surface area (Å²) in [7, 11) is 0. The van der Waals surface area contributed by atoms with Gasteiger partial charge in [-0.3, -0.25) is 4.79 Å². The lowest BCUT2D eigenvalue weighted by Gasteiger charge is -2.29. The zero-order valence-corrected chi connectivity index (χ0v) is 12.4. The Hall–Kier alpha value is -0.870. The second-order valence-electron chi connectivity index (χ2n) is 5.31. The Kier molecular flexibility index (Phi) is 3.78. The molecule has 0 spiro atoms. The minimum absolute atomic E-state index is 0.0366. The molecular formula is C14H19BrN2O. The maximum atomic E-state index is 12.2. The van der Waals surface area contributed by atoms with Crippen LogP contribution in [0.5, 0.6) is 0 Å². The van der Waals surface area contributed by atoms with E-state index in [9.17, 15) is 4.79 Å². The summed E-state index contributed by atoms with van der Waals surface area (Å²) in [6, 6.07) is 5.63. The number of nitrogens with two attached hydrogens (primary N) is 1. The number of hydrogen-bond acceptors (Lipinski definition) is 2. The number of carbonyl (C=O) groups is 1. The summed E-state index contributed by atoms with van der Waals surface area (Å²) in [6.07, 6.45) is 2.32. The summed E-state index contributed by atoms with van der Waals surface area (Å²) in [5.74, 6) is 0.494. The lowest BCUT2D eigenvalue weighted by molar-refractivity contribution is 0.0897. The van der Waals surface area contributed by atoms with E-state index in [0.29, 0.717) is 18.0 Å². The Morgan fingerprint density at radius 1 is 1.56 bits per heavy atom. The van der Waals surface area contributed by atoms with Crippen LogP contribution in [0.3, 0.4) is 0 Å². The Balaban J connectivity index is 2.13. The summed E-state index contributed by atoms with van der Waals surface area (Å²) in [5, 5.41) is 3.09. The second-order valence-corrected chi connectivity index (χ2v) is 6.17. The van der Waals surface area contributed by atoms with Crippen LogP contribution in [-0.4, -0.2) is 18.0 Å². The summed E-state index contributed by atoms with van der Waals surface area (Å²) in [6.45, 7) is 4.50. The molecule has 3 nitrogen and oxygen atoms in total. The molecule has 1 aliphatic rings. The number of hydrogen-bond donors (Lipinski definition) is 2. The Bertz CT molecular complexity index is 471. The highest BCUT2D eigenvalue weighted by Crippen LogP contribution is 2.39. The first-order chi connectivity index (χ1) is 8.46. The highest BCUT2D eigenvalue weighted by Gasteiger charge is 2.41. The van der Waals surface area contributed by atoms with Crippen LogP contribution in [0, 0.1) is 12.8 Å². The van der Waals surface area contributed by atoms with Crippen LogP contribution >= 0.6 is 15.9 Å². The number of rotatable bonds is 4. The van der Waals surface area contributed by atoms with Crippen LogP contribution in [-0.2, 0) is 0 Å². The fraction of sp³-hybridized carbons (Fsp3) is 0.500. The fourth-order valence-electron chi connectivity index (χ4n) is 2.16. The minimum Gasteiger partial charge on any atom is -0.345 e. The van der Waals surface area contributed by atoms with Crippen molar-refractivity contribution in [1.82, 2.24) is 5.32 Å². The largest absolute Gasteiger partial charge is 0.345 e. The van der Waals surface area contributed by atoms with Gasteiger partial charge in [-0.15, -0.1) is 0 Å². The molecule has 1 fully saturated rings. The van der Waals surface area contributed by atoms with Gasteiger partial charge >= 0.3 is 0 Å². The molecule has 4 heteroatoms. The highest BCUT2D eigenvalue weighted by molar-refractivity contribution is 9.10. The molecule has 1 saturated carbocycles. The molecule has 1 atom stereocenters. The predicted molar refractivity (Wildman–Crippen MR) is 76.5 cm³/mol. The molecule has 0 aliphatic heterocycles. The van der Waals surface area contributed by atoms with E-state index in [1.165, 1.54) is 0 Å². The molecule has 0 heterocycles. The van der Waals surface area contributed by atoms with Crippen molar-refractivity contribution in [2.24, 2.45) is 11.7 Å². The van der Waals surface area contributed by atoms with E-state index in [4.69, 9.17) is 5.73 Å². The third kappa shape index (κ3) is 2.75. The van der Waals surface area contributed by atoms with Gasteiger partial charge in [0, 0.05) is 16.6 Å². The van der Waals surface area contributed by atoms with Gasteiger partial charge in [-0.1, -0.05) is 15.9 Å². The van der Waals surface area contributed by atoms with Gasteiger partial charge in [0.05, 0.1) is 5.54 Å². The SMILES string of the molecule is Cc1cc(C(=O)NC(C)(CN)C2CC2)ccc1Br. The third-order valence-electron chi connectivity index (χ3n) is 3.72. The van der Waals surface area contributed by atoms with Crippen LogP contribution in [0.25, 0.3) is 0 Å². The van der Waals surface area contributed by atoms with Gasteiger partial charge in [0.15, 0.2) is 0 Å². The van der Waals surface area contributed by atoms with Crippen molar-refractivity contribution in [3.8, 4) is 0 Å². The summed E-state index contributed by atoms with van der Waals surface area (Å²) < 4.78 is 1.02. The van der Waals surface area contributed by atoms with Gasteiger partial charge in [-0.25, -0.2) is 0 Å². The fourth-order valence-corrected chi connectivity index (χ4v) is 2.40. The van der Waals surface area contributed by atoms with Gasteiger partial charge in [0.2, 0.25) is 0 Å². The quantitative estimate of drug-likeness (QED) is 0.898. The van der Waals surface area contributed by atoms with Crippen molar-refractivity contribution in [3.63, 3.8) is 0 Å². The Morgan fingerprint density at radius 2 is 2.22 bits per heavy atom. The molecule has 98 valence electrons. The molecule has 1 unspecified atom stereocenters. The van der Waals surface area contributed by atoms with Crippen LogP contribution in [0.2, 0.25) is 0 Å². The number of benzene rings is 1. The predicted octanol–water partition coefficient (Wildman–Crippen LogP) is 2.61. The standard InChI is InChI=1S/C14H19BrN2O/c1-9-7-10(3-6-12(9)15)13(18)17-14(2,8-16)11-4-5-11/h3,6-7,11H,4-5,8,16H2,1-2H3,(H,17,18). The van der Waals surface area contributed by atoms with Crippen LogP contribution in [0.15, 0.2) is 22.7 Å². The van der Waals surface area contributed by atoms with E-state index in [2.05, 4.69) is 21.2 Å². The van der Waals surface area contributed by atoms with Crippen LogP contribution < -0.4 is 11.1 Å². The molecule has 2 rings (SSSR count). The third-order valence-corrected chi connectivity index (χ3v) is 4.61. The van der Waals surface area contributed by atoms with Crippen LogP contribution in [0.4, 0.5) is 0 Å². The second kappa shape index (κ2) is 5.02. The summed E-state index contributed by atoms with van der Waals surface area (Å²) >= 11 is 3.44. The summed E-state index contributed by atoms with van der Waals surface area (Å²) in [4.78, 5) is 12.2. The molecule has 0 bridgehead atoms. The van der Waals surface area contributed by atoms with E-state index in [-0.39, 0.29) is 11.4 Å². The number of aryl methyl sites for hydroxylation is 1. The van der Waals surface area contributed by atoms with Gasteiger partial charge in [-0.05, 0) is 56.4 Å². The minimum atomic E-state index is -0.266. The van der Waals surface area contributed by atoms with E-state index >= 15 is 0 Å². The molecule has 1 amide bonds. The first-order valence-electron chi connectivity index (χ1n) is 6.25. The number of amides is 1. The van der Waals surface area contributed by atoms with E-state index in [0.717, 1.165) is 22.9 Å². The van der Waals surface area contributed by atoms with E-state index in [1.54, 1.807) is 0 Å². The van der Waals surface area contributed by atoms with E-state index in [1.807, 2.05) is 32.0 Å². The smallest absolute Gasteiger partial charge is 0.251 e. The molecule has 18 heavy (non-hydrogen) atoms. The molecule has 1 aromatic carbocycles. The average Bonchev–Trinajstić information content (AvgIpc) is 3.16. The molecule has 3 N–H and O–H groups in total. The van der Waals surface area contributed by atoms with Crippen molar-refractivity contribution in [3.05, 3.63) is 33.8 Å². The molecule has 0 radical (unpaired) electrons. The maximum Gasteiger partial charge on any atom is 0.251 e. The van der Waals surface area contributed by atoms with Gasteiger partial charge < -0.3 is 11.1 Å². The zero-order valence-electron chi connectivity index (χ0n) is 10.8. The Labute approximate surface area is 116 Å². The van der Waals surface area contributed by atoms with Gasteiger partial charge in [0.25, 0.3) is 5.91 Å². The van der Waals surface area contributed by atoms with Gasteiger partial charge in [0.1, 0.15) is 0 Å². The number of halogens is 1. The number of nitrogens with one attached hydrogen (secondary N) is 1. The van der Waals surface area contributed by atoms with Crippen molar-refractivity contribution in [2.45, 2.75) is 32.2 Å². The van der Waals surface area contributed by atoms with Crippen LogP contribution in [0.1, 0.15) is 35.7 Å².